The molecule has 27 heteroatoms. The van der Waals surface area contributed by atoms with Crippen LogP contribution in [0.5, 0.6) is 11.5 Å². The Kier molecular flexibility index (Phi) is 15.7. The van der Waals surface area contributed by atoms with Crippen LogP contribution in [0.1, 0.15) is 41.1 Å². The van der Waals surface area contributed by atoms with Crippen LogP contribution in [0.15, 0.2) is 22.9 Å². The number of carbonyl (C=O) groups is 5. The molecule has 3 aliphatic rings. The van der Waals surface area contributed by atoms with Crippen LogP contribution in [0.4, 0.5) is 9.52 Å². The van der Waals surface area contributed by atoms with E-state index in [0.717, 1.165) is 55.0 Å². The van der Waals surface area contributed by atoms with Gasteiger partial charge in [-0.15, -0.1) is 11.8 Å². The van der Waals surface area contributed by atoms with Gasteiger partial charge in [0.2, 0.25) is 0 Å². The molecular weight excluding hydrogens is 839 g/mol. The van der Waals surface area contributed by atoms with Crippen molar-refractivity contribution in [1.29, 1.82) is 0 Å². The summed E-state index contributed by atoms with van der Waals surface area (Å²) in [6.07, 6.45) is -1.56. The zero-order chi connectivity index (χ0) is 39.6. The number of anilines is 1. The van der Waals surface area contributed by atoms with Gasteiger partial charge in [0, 0.05) is 36.6 Å². The molecule has 0 bridgehead atoms. The van der Waals surface area contributed by atoms with Crippen LogP contribution in [-0.4, -0.2) is 131 Å². The van der Waals surface area contributed by atoms with E-state index in [-0.39, 0.29) is 86.6 Å². The van der Waals surface area contributed by atoms with Gasteiger partial charge >= 0.3 is 59.1 Å². The van der Waals surface area contributed by atoms with E-state index in [2.05, 4.69) is 41.4 Å². The van der Waals surface area contributed by atoms with Crippen LogP contribution in [-0.2, 0) is 24.0 Å². The fraction of sp³-hybridized carbons (Fsp3) is 0.400. The number of benzene rings is 1. The van der Waals surface area contributed by atoms with Crippen LogP contribution in [0.3, 0.4) is 0 Å². The van der Waals surface area contributed by atoms with Crippen LogP contribution in [0.25, 0.3) is 5.70 Å². The van der Waals surface area contributed by atoms with Crippen LogP contribution in [0.2, 0.25) is 4.34 Å². The Hall–Kier alpha value is -3.59. The van der Waals surface area contributed by atoms with Crippen molar-refractivity contribution < 1.29 is 117 Å². The molecule has 0 radical (unpaired) electrons. The third kappa shape index (κ3) is 10.00. The van der Waals surface area contributed by atoms with Gasteiger partial charge in [-0.1, -0.05) is 28.1 Å². The minimum absolute atomic E-state index is 0. The second-order valence-electron chi connectivity index (χ2n) is 12.5. The molecule has 2 fully saturated rings. The molecule has 0 aliphatic carbocycles. The maximum Gasteiger partial charge on any atom is 1.00 e. The summed E-state index contributed by atoms with van der Waals surface area (Å²) in [6, 6.07) is 0.902. The zero-order valence-corrected chi connectivity index (χ0v) is 36.5. The van der Waals surface area contributed by atoms with Crippen molar-refractivity contribution in [3.63, 3.8) is 0 Å². The molecular formula is C30H29ClFN11Na2O10S2. The van der Waals surface area contributed by atoms with Gasteiger partial charge in [0.1, 0.15) is 28.0 Å². The number of carboxylic acid groups (broad SMARTS) is 2. The van der Waals surface area contributed by atoms with Gasteiger partial charge in [-0.2, -0.15) is 5.21 Å². The van der Waals surface area contributed by atoms with E-state index in [1.807, 2.05) is 0 Å². The Morgan fingerprint density at radius 3 is 2.54 bits per heavy atom. The molecule has 2 aromatic heterocycles. The zero-order valence-electron chi connectivity index (χ0n) is 30.1. The molecule has 57 heavy (non-hydrogen) atoms. The molecule has 3 amide bonds. The first-order valence-corrected chi connectivity index (χ1v) is 18.5. The number of thioether (sulfide) groups is 1. The van der Waals surface area contributed by atoms with E-state index in [9.17, 15) is 48.8 Å². The molecule has 2 saturated heterocycles. The summed E-state index contributed by atoms with van der Waals surface area (Å²) in [7, 11) is 0. The number of likely N-dealkylation sites (tertiary alicyclic amines) is 1. The number of carbonyl (C=O) groups excluding carboxylic acids is 5. The minimum atomic E-state index is -2.15. The number of tetrazole rings is 1. The molecule has 0 saturated carbocycles. The minimum Gasteiger partial charge on any atom is -0.550 e. The molecule has 3 aliphatic heterocycles. The van der Waals surface area contributed by atoms with E-state index in [0.29, 0.717) is 29.0 Å². The monoisotopic (exact) mass is 867 g/mol. The summed E-state index contributed by atoms with van der Waals surface area (Å²) in [5, 5.41) is 64.8. The molecule has 1 aromatic carbocycles. The van der Waals surface area contributed by atoms with Crippen LogP contribution >= 0.6 is 34.7 Å². The number of aromatic hydroxyl groups is 2. The van der Waals surface area contributed by atoms with Gasteiger partial charge in [0.25, 0.3) is 17.7 Å². The Morgan fingerprint density at radius 2 is 1.93 bits per heavy atom. The number of hydrogen-bond acceptors (Lipinski definition) is 18. The third-order valence-corrected chi connectivity index (χ3v) is 11.5. The van der Waals surface area contributed by atoms with Gasteiger partial charge in [-0.25, -0.2) is 9.37 Å². The first kappa shape index (κ1) is 46.1. The van der Waals surface area contributed by atoms with Gasteiger partial charge in [0.15, 0.2) is 34.3 Å². The molecule has 3 atom stereocenters. The van der Waals surface area contributed by atoms with Gasteiger partial charge in [-0.05, 0) is 12.1 Å². The number of aromatic nitrogens is 5. The number of carboxylic acids is 2. The molecule has 6 rings (SSSR count). The number of oxime groups is 1. The molecule has 21 nitrogen and oxygen atoms in total. The maximum atomic E-state index is 14.4. The number of amides is 3. The van der Waals surface area contributed by atoms with Crippen molar-refractivity contribution in [2.24, 2.45) is 5.16 Å². The number of rotatable bonds is 15. The summed E-state index contributed by atoms with van der Waals surface area (Å²) in [5.74, 6) is -8.77. The third-order valence-electron chi connectivity index (χ3n) is 9.04. The number of nitrogens with zero attached hydrogens (tertiary/aromatic N) is 8. The van der Waals surface area contributed by atoms with E-state index >= 15 is 0 Å². The number of nitrogens with one attached hydrogen (secondary N) is 2. The molecule has 5 heterocycles. The molecule has 0 spiro atoms. The Labute approximate surface area is 378 Å². The molecule has 292 valence electrons. The summed E-state index contributed by atoms with van der Waals surface area (Å²) in [6.45, 7) is 2.39. The van der Waals surface area contributed by atoms with Crippen molar-refractivity contribution in [2.75, 3.05) is 44.2 Å². The predicted molar refractivity (Wildman–Crippen MR) is 184 cm³/mol. The molecule has 6 N–H and O–H groups in total. The topological polar surface area (TPSA) is 312 Å². The number of quaternary nitrogens is 1. The number of fused-ring (bicyclic) bond motifs is 1. The van der Waals surface area contributed by atoms with Gasteiger partial charge in [0.05, 0.1) is 49.2 Å². The van der Waals surface area contributed by atoms with Crippen molar-refractivity contribution in [2.45, 2.75) is 36.8 Å². The average Bonchev–Trinajstić information content (AvgIpc) is 3.91. The fourth-order valence-electron chi connectivity index (χ4n) is 6.46. The Morgan fingerprint density at radius 1 is 1.21 bits per heavy atom. The normalized spacial score (nSPS) is 19.0. The SMILES string of the molecule is Nc1nc(/C(=N/O[C@@H](CC(=O)[O-])C(=O)[O-])C(=O)N[C@@H]2C(=O)N3C(c4nnn[n-]4)=C(C[N+]4(CCNC(=O)c5ccc(O)c(O)c5F)CCCC4)CS[C@H]23)c(Cl)s1.[Na+].[Na+]. The number of phenolic OH excluding ortho intramolecular Hbond substituents is 2. The van der Waals surface area contributed by atoms with Gasteiger partial charge < -0.3 is 60.8 Å². The smallest absolute Gasteiger partial charge is 0.550 e. The number of halogens is 2. The standard InChI is InChI=1S/C30H31ClFN11O10S2.2Na/c31-23-18(36-30(33)55-23)19(39-53-15(29(51)52)9-16(45)46)26(49)35-20-27(50)42-21(24-37-40-41-38-24)12(11-54-28(20)42)10-43(6-1-2-7-43)8-5-34-25(48)13-3-4-14(44)22(47)17(13)32;;/h3-4,15,20,28H,1-2,5-11H2,(H8-,33,34,35,36,37,38,39,40,41,44,45,46,47,48,49,51,52);;/q;2*+1/p-2/t15-,20+,28+;;/m0../s1. The molecule has 0 unspecified atom stereocenters. The molecule has 3 aromatic rings. The summed E-state index contributed by atoms with van der Waals surface area (Å²) < 4.78 is 14.8. The number of β-lactam (4-membered cyclic amide) rings is 1. The van der Waals surface area contributed by atoms with E-state index in [1.165, 1.54) is 16.7 Å². The number of thiazole rings is 1. The van der Waals surface area contributed by atoms with E-state index < -0.39 is 82.2 Å². The first-order valence-electron chi connectivity index (χ1n) is 16.3. The number of hydrogen-bond donors (Lipinski definition) is 5. The van der Waals surface area contributed by atoms with Crippen LogP contribution in [0, 0.1) is 5.82 Å². The second-order valence-corrected chi connectivity index (χ2v) is 15.3. The van der Waals surface area contributed by atoms with Crippen LogP contribution < -0.4 is 90.8 Å². The number of nitrogen functional groups attached to an aromatic ring is 1. The van der Waals surface area contributed by atoms with E-state index in [1.54, 1.807) is 0 Å². The van der Waals surface area contributed by atoms with Crippen molar-refractivity contribution in [3.05, 3.63) is 44.9 Å². The van der Waals surface area contributed by atoms with Crippen molar-refractivity contribution >= 4 is 80.9 Å². The summed E-state index contributed by atoms with van der Waals surface area (Å²) in [4.78, 5) is 72.8. The predicted octanol–water partition coefficient (Wildman–Crippen LogP) is -9.09. The second kappa shape index (κ2) is 19.4. The number of nitrogens with two attached hydrogens (primary N) is 1. The first-order chi connectivity index (χ1) is 26.2. The Balaban J connectivity index is 0.00000360. The largest absolute Gasteiger partial charge is 1.00 e. The average molecular weight is 868 g/mol. The Bertz CT molecular complexity index is 2110. The van der Waals surface area contributed by atoms with Crippen molar-refractivity contribution in [1.82, 2.24) is 41.1 Å². The number of aliphatic carboxylic acids is 2. The maximum absolute atomic E-state index is 14.4. The summed E-state index contributed by atoms with van der Waals surface area (Å²) in [5.41, 5.74) is 5.37. The van der Waals surface area contributed by atoms with Gasteiger partial charge in [-0.3, -0.25) is 29.6 Å². The van der Waals surface area contributed by atoms with Crippen molar-refractivity contribution in [3.8, 4) is 11.5 Å². The van der Waals surface area contributed by atoms with E-state index in [4.69, 9.17) is 22.2 Å². The summed E-state index contributed by atoms with van der Waals surface area (Å²) >= 11 is 8.27. The quantitative estimate of drug-likeness (QED) is 0.0237. The number of phenols is 2. The fourth-order valence-corrected chi connectivity index (χ4v) is 8.72.